The van der Waals surface area contributed by atoms with Crippen LogP contribution in [0, 0.1) is 11.8 Å². The zero-order valence-electron chi connectivity index (χ0n) is 23.0. The van der Waals surface area contributed by atoms with Gasteiger partial charge >= 0.3 is 0 Å². The highest BCUT2D eigenvalue weighted by molar-refractivity contribution is 9.08. The van der Waals surface area contributed by atoms with Gasteiger partial charge in [-0.05, 0) is 55.2 Å². The lowest BCUT2D eigenvalue weighted by Crippen LogP contribution is -2.34. The van der Waals surface area contributed by atoms with Gasteiger partial charge in [0.1, 0.15) is 11.5 Å². The van der Waals surface area contributed by atoms with Gasteiger partial charge < -0.3 is 9.47 Å². The van der Waals surface area contributed by atoms with E-state index in [0.29, 0.717) is 12.2 Å². The summed E-state index contributed by atoms with van der Waals surface area (Å²) in [6.45, 7) is 5.44. The number of halogens is 1. The summed E-state index contributed by atoms with van der Waals surface area (Å²) < 4.78 is 13.8. The maximum absolute atomic E-state index is 5.91. The summed E-state index contributed by atoms with van der Waals surface area (Å²) in [5, 5.41) is 0.952. The third-order valence-corrected chi connectivity index (χ3v) is 7.63. The summed E-state index contributed by atoms with van der Waals surface area (Å²) in [6.07, 6.45) is 13.4. The summed E-state index contributed by atoms with van der Waals surface area (Å²) in [5.41, 5.74) is 2.64. The van der Waals surface area contributed by atoms with Crippen LogP contribution in [0.3, 0.4) is 0 Å². The van der Waals surface area contributed by atoms with E-state index in [1.165, 1.54) is 36.8 Å². The Balaban J connectivity index is 0.000000150. The number of hydrogen-bond donors (Lipinski definition) is 0. The summed E-state index contributed by atoms with van der Waals surface area (Å²) in [5.74, 6) is 3.61. The first-order valence-electron chi connectivity index (χ1n) is 13.9. The largest absolute Gasteiger partial charge is 0.490 e. The second-order valence-corrected chi connectivity index (χ2v) is 11.2. The normalized spacial score (nSPS) is 21.0. The van der Waals surface area contributed by atoms with Gasteiger partial charge in [-0.15, -0.1) is 0 Å². The van der Waals surface area contributed by atoms with Gasteiger partial charge in [0.25, 0.3) is 0 Å². The van der Waals surface area contributed by atoms with E-state index < -0.39 is 0 Å². The SMILES string of the molecule is BrCc1ccccc1.CC1CC(Oc2cc[n+](Cc3ccccc3)cc2)C1.CC1CC(Oc2ccncc2)C1. The van der Waals surface area contributed by atoms with Crippen molar-refractivity contribution in [2.45, 2.75) is 63.6 Å². The second-order valence-electron chi connectivity index (χ2n) is 10.6. The Kier molecular flexibility index (Phi) is 11.4. The lowest BCUT2D eigenvalue weighted by molar-refractivity contribution is -0.688. The van der Waals surface area contributed by atoms with Gasteiger partial charge in [-0.2, -0.15) is 0 Å². The number of pyridine rings is 2. The molecule has 2 heterocycles. The second kappa shape index (κ2) is 15.4. The Hall–Kier alpha value is -3.18. The molecule has 0 N–H and O–H groups in total. The molecule has 2 aromatic heterocycles. The Bertz CT molecular complexity index is 1190. The summed E-state index contributed by atoms with van der Waals surface area (Å²) in [4.78, 5) is 3.93. The molecule has 2 aliphatic carbocycles. The molecule has 0 saturated heterocycles. The molecule has 2 saturated carbocycles. The molecule has 0 unspecified atom stereocenters. The van der Waals surface area contributed by atoms with Crippen molar-refractivity contribution in [3.05, 3.63) is 121 Å². The van der Waals surface area contributed by atoms with E-state index in [1.807, 2.05) is 36.4 Å². The van der Waals surface area contributed by atoms with Gasteiger partial charge in [0, 0.05) is 35.4 Å². The molecule has 2 aromatic carbocycles. The van der Waals surface area contributed by atoms with Crippen LogP contribution in [0.15, 0.2) is 110 Å². The van der Waals surface area contributed by atoms with Gasteiger partial charge in [-0.25, -0.2) is 4.57 Å². The number of rotatable bonds is 7. The Morgan fingerprint density at radius 1 is 0.667 bits per heavy atom. The van der Waals surface area contributed by atoms with Gasteiger partial charge in [0.15, 0.2) is 18.9 Å². The molecule has 39 heavy (non-hydrogen) atoms. The highest BCUT2D eigenvalue weighted by atomic mass is 79.9. The van der Waals surface area contributed by atoms with Crippen LogP contribution in [-0.4, -0.2) is 17.2 Å². The molecule has 2 fully saturated rings. The smallest absolute Gasteiger partial charge is 0.173 e. The Morgan fingerprint density at radius 2 is 1.13 bits per heavy atom. The predicted octanol–water partition coefficient (Wildman–Crippen LogP) is 8.04. The molecule has 0 spiro atoms. The van der Waals surface area contributed by atoms with Crippen molar-refractivity contribution in [2.75, 3.05) is 0 Å². The standard InChI is InChI=1S/C17H20NO.C10H13NO.C7H7Br/c1-14-11-17(12-14)19-16-7-9-18(10-8-16)13-15-5-3-2-4-6-15;1-8-6-10(7-8)12-9-2-4-11-5-3-9;8-6-7-4-2-1-3-5-7/h2-10,14,17H,11-13H2,1H3;2-5,8,10H,6-7H2,1H3;1-5H,6H2/q+1;;. The van der Waals surface area contributed by atoms with Gasteiger partial charge in [0.2, 0.25) is 0 Å². The van der Waals surface area contributed by atoms with Crippen molar-refractivity contribution in [3.8, 4) is 11.5 Å². The molecular weight excluding hydrogens is 548 g/mol. The van der Waals surface area contributed by atoms with Crippen LogP contribution in [0.1, 0.15) is 50.7 Å². The predicted molar refractivity (Wildman–Crippen MR) is 161 cm³/mol. The molecular formula is C34H40BrN2O2+. The average molecular weight is 589 g/mol. The van der Waals surface area contributed by atoms with Crippen molar-refractivity contribution >= 4 is 15.9 Å². The van der Waals surface area contributed by atoms with Crippen molar-refractivity contribution < 1.29 is 14.0 Å². The number of benzene rings is 2. The van der Waals surface area contributed by atoms with Gasteiger partial charge in [0.05, 0.1) is 12.2 Å². The van der Waals surface area contributed by atoms with Crippen LogP contribution in [0.4, 0.5) is 0 Å². The van der Waals surface area contributed by atoms with Gasteiger partial charge in [-0.3, -0.25) is 4.98 Å². The van der Waals surface area contributed by atoms with E-state index in [9.17, 15) is 0 Å². The fourth-order valence-corrected chi connectivity index (χ4v) is 5.01. The minimum atomic E-state index is 0.431. The van der Waals surface area contributed by atoms with E-state index in [0.717, 1.165) is 35.2 Å². The number of hydrogen-bond acceptors (Lipinski definition) is 3. The first-order chi connectivity index (χ1) is 19.1. The van der Waals surface area contributed by atoms with Crippen LogP contribution in [0.2, 0.25) is 0 Å². The topological polar surface area (TPSA) is 35.2 Å². The Labute approximate surface area is 242 Å². The molecule has 0 atom stereocenters. The summed E-state index contributed by atoms with van der Waals surface area (Å²) >= 11 is 3.36. The first kappa shape index (κ1) is 28.8. The molecule has 0 bridgehead atoms. The van der Waals surface area contributed by atoms with Crippen LogP contribution in [0.25, 0.3) is 0 Å². The average Bonchev–Trinajstić information content (AvgIpc) is 2.95. The lowest BCUT2D eigenvalue weighted by Gasteiger charge is -2.32. The molecule has 204 valence electrons. The molecule has 0 aliphatic heterocycles. The highest BCUT2D eigenvalue weighted by Crippen LogP contribution is 2.31. The van der Waals surface area contributed by atoms with Crippen LogP contribution in [0.5, 0.6) is 11.5 Å². The van der Waals surface area contributed by atoms with Gasteiger partial charge in [-0.1, -0.05) is 90.4 Å². The van der Waals surface area contributed by atoms with Crippen molar-refractivity contribution in [1.29, 1.82) is 0 Å². The summed E-state index contributed by atoms with van der Waals surface area (Å²) in [6, 6.07) is 28.7. The fraction of sp³-hybridized carbons (Fsp3) is 0.353. The molecule has 4 nitrogen and oxygen atoms in total. The maximum Gasteiger partial charge on any atom is 0.173 e. The fourth-order valence-electron chi connectivity index (χ4n) is 4.64. The minimum Gasteiger partial charge on any atom is -0.490 e. The lowest BCUT2D eigenvalue weighted by atomic mass is 9.84. The van der Waals surface area contributed by atoms with Crippen LogP contribution >= 0.6 is 15.9 Å². The maximum atomic E-state index is 5.91. The molecule has 2 aliphatic rings. The van der Waals surface area contributed by atoms with E-state index >= 15 is 0 Å². The van der Waals surface area contributed by atoms with E-state index in [-0.39, 0.29) is 0 Å². The zero-order valence-corrected chi connectivity index (χ0v) is 24.6. The molecule has 0 radical (unpaired) electrons. The first-order valence-corrected chi connectivity index (χ1v) is 15.1. The van der Waals surface area contributed by atoms with Crippen molar-refractivity contribution in [3.63, 3.8) is 0 Å². The quantitative estimate of drug-likeness (QED) is 0.162. The summed E-state index contributed by atoms with van der Waals surface area (Å²) in [7, 11) is 0. The van der Waals surface area contributed by atoms with E-state index in [2.05, 4.69) is 100 Å². The number of alkyl halides is 1. The molecule has 0 amide bonds. The molecule has 6 rings (SSSR count). The molecule has 4 aromatic rings. The molecule has 5 heteroatoms. The highest BCUT2D eigenvalue weighted by Gasteiger charge is 2.27. The van der Waals surface area contributed by atoms with Crippen molar-refractivity contribution in [2.24, 2.45) is 11.8 Å². The van der Waals surface area contributed by atoms with E-state index in [4.69, 9.17) is 9.47 Å². The number of ether oxygens (including phenoxy) is 2. The number of nitrogens with zero attached hydrogens (tertiary/aromatic N) is 2. The third-order valence-electron chi connectivity index (χ3n) is 6.98. The van der Waals surface area contributed by atoms with Crippen LogP contribution in [-0.2, 0) is 11.9 Å². The van der Waals surface area contributed by atoms with E-state index in [1.54, 1.807) is 12.4 Å². The van der Waals surface area contributed by atoms with Crippen LogP contribution < -0.4 is 14.0 Å². The Morgan fingerprint density at radius 3 is 1.56 bits per heavy atom. The monoisotopic (exact) mass is 587 g/mol. The minimum absolute atomic E-state index is 0.431. The van der Waals surface area contributed by atoms with Crippen molar-refractivity contribution in [1.82, 2.24) is 4.98 Å². The third kappa shape index (κ3) is 10.1. The number of aromatic nitrogens is 2. The zero-order chi connectivity index (χ0) is 27.3.